The van der Waals surface area contributed by atoms with Crippen LogP contribution in [0.2, 0.25) is 0 Å². The van der Waals surface area contributed by atoms with Gasteiger partial charge in [-0.15, -0.1) is 0 Å². The van der Waals surface area contributed by atoms with Crippen LogP contribution in [0.15, 0.2) is 109 Å². The largest absolute Gasteiger partial charge is 0.497 e. The van der Waals surface area contributed by atoms with Crippen LogP contribution in [-0.4, -0.2) is 22.9 Å². The highest BCUT2D eigenvalue weighted by molar-refractivity contribution is 7.81. The molecule has 0 aliphatic heterocycles. The molecule has 4 nitrogen and oxygen atoms in total. The first-order chi connectivity index (χ1) is 17.6. The van der Waals surface area contributed by atoms with E-state index in [1.54, 1.807) is 14.2 Å². The fourth-order valence-corrected chi connectivity index (χ4v) is 6.60. The van der Waals surface area contributed by atoms with Crippen LogP contribution in [0, 0.1) is 0 Å². The summed E-state index contributed by atoms with van der Waals surface area (Å²) in [7, 11) is 2.16. The Bertz CT molecular complexity index is 1540. The van der Waals surface area contributed by atoms with E-state index in [0.29, 0.717) is 0 Å². The number of rotatable bonds is 6. The number of fused-ring (bicyclic) bond motifs is 2. The maximum atomic E-state index is 7.21. The number of aromatic nitrogens is 2. The third kappa shape index (κ3) is 4.03. The normalized spacial score (nSPS) is 11.4. The van der Waals surface area contributed by atoms with Crippen molar-refractivity contribution in [1.29, 1.82) is 0 Å². The third-order valence-electron chi connectivity index (χ3n) is 6.55. The minimum absolute atomic E-state index is 0.848. The molecular formula is C30H24ClN2O2P. The SMILES string of the molecule is COc1ccc(-c2ccc3ccn(P(Cl)n4ccc5ccc(-c6ccc(OC)cc6)cc54)c3c2)cc1. The Hall–Kier alpha value is -3.72. The highest BCUT2D eigenvalue weighted by Gasteiger charge is 2.16. The maximum absolute atomic E-state index is 7.21. The minimum atomic E-state index is -1.21. The Balaban J connectivity index is 1.39. The molecule has 4 aromatic carbocycles. The molecule has 6 rings (SSSR count). The van der Waals surface area contributed by atoms with Crippen molar-refractivity contribution < 1.29 is 9.47 Å². The summed E-state index contributed by atoms with van der Waals surface area (Å²) in [6.07, 6.45) is 4.17. The number of halogens is 1. The van der Waals surface area contributed by atoms with Gasteiger partial charge in [-0.05, 0) is 92.8 Å². The fourth-order valence-electron chi connectivity index (χ4n) is 4.55. The molecule has 0 bridgehead atoms. The van der Waals surface area contributed by atoms with Gasteiger partial charge < -0.3 is 9.47 Å². The lowest BCUT2D eigenvalue weighted by Crippen LogP contribution is -1.95. The van der Waals surface area contributed by atoms with Crippen LogP contribution in [0.5, 0.6) is 11.5 Å². The quantitative estimate of drug-likeness (QED) is 0.209. The van der Waals surface area contributed by atoms with Crippen LogP contribution in [-0.2, 0) is 0 Å². The van der Waals surface area contributed by atoms with Gasteiger partial charge in [-0.3, -0.25) is 8.68 Å². The van der Waals surface area contributed by atoms with Gasteiger partial charge in [0, 0.05) is 12.4 Å². The first kappa shape index (κ1) is 22.7. The van der Waals surface area contributed by atoms with Crippen molar-refractivity contribution in [2.45, 2.75) is 0 Å². The summed E-state index contributed by atoms with van der Waals surface area (Å²) in [5, 5.41) is 2.33. The topological polar surface area (TPSA) is 28.3 Å². The standard InChI is InChI=1S/C30H24ClN2O2P/c1-34-27-11-7-21(8-12-27)25-5-3-23-15-17-32(29(23)19-25)36(31)33-18-16-24-4-6-26(20-30(24)33)22-9-13-28(35-2)14-10-22/h3-20H,1-2H3. The molecule has 2 aromatic heterocycles. The zero-order valence-corrected chi connectivity index (χ0v) is 21.6. The van der Waals surface area contributed by atoms with Gasteiger partial charge in [0.15, 0.2) is 0 Å². The summed E-state index contributed by atoms with van der Waals surface area (Å²) in [6, 6.07) is 33.5. The number of ether oxygens (including phenoxy) is 2. The molecule has 178 valence electrons. The predicted octanol–water partition coefficient (Wildman–Crippen LogP) is 8.81. The Morgan fingerprint density at radius 2 is 0.917 bits per heavy atom. The number of hydrogen-bond donors (Lipinski definition) is 0. The van der Waals surface area contributed by atoms with E-state index in [-0.39, 0.29) is 0 Å². The molecule has 0 radical (unpaired) electrons. The molecule has 0 N–H and O–H groups in total. The van der Waals surface area contributed by atoms with E-state index in [1.165, 1.54) is 0 Å². The van der Waals surface area contributed by atoms with Crippen molar-refractivity contribution in [3.05, 3.63) is 109 Å². The van der Waals surface area contributed by atoms with Crippen LogP contribution in [0.4, 0.5) is 0 Å². The van der Waals surface area contributed by atoms with Crippen LogP contribution in [0.25, 0.3) is 44.1 Å². The first-order valence-corrected chi connectivity index (χ1v) is 13.8. The molecule has 0 amide bonds. The van der Waals surface area contributed by atoms with Gasteiger partial charge in [-0.2, -0.15) is 0 Å². The second kappa shape index (κ2) is 9.39. The maximum Gasteiger partial charge on any atom is 0.206 e. The van der Waals surface area contributed by atoms with E-state index in [4.69, 9.17) is 20.7 Å². The summed E-state index contributed by atoms with van der Waals surface area (Å²) in [4.78, 5) is 0. The molecule has 0 aliphatic rings. The number of methoxy groups -OCH3 is 2. The zero-order valence-electron chi connectivity index (χ0n) is 19.9. The van der Waals surface area contributed by atoms with Crippen molar-refractivity contribution in [3.63, 3.8) is 0 Å². The van der Waals surface area contributed by atoms with Crippen molar-refractivity contribution in [2.24, 2.45) is 0 Å². The van der Waals surface area contributed by atoms with E-state index in [2.05, 4.69) is 93.9 Å². The Labute approximate surface area is 215 Å². The van der Waals surface area contributed by atoms with E-state index >= 15 is 0 Å². The summed E-state index contributed by atoms with van der Waals surface area (Å²) in [5.41, 5.74) is 6.78. The fraction of sp³-hybridized carbons (Fsp3) is 0.0667. The van der Waals surface area contributed by atoms with Gasteiger partial charge in [0.1, 0.15) is 11.5 Å². The van der Waals surface area contributed by atoms with Crippen LogP contribution in [0.3, 0.4) is 0 Å². The highest BCUT2D eigenvalue weighted by Crippen LogP contribution is 2.49. The summed E-state index contributed by atoms with van der Waals surface area (Å²) >= 11 is 7.21. The molecule has 0 aliphatic carbocycles. The molecule has 0 atom stereocenters. The van der Waals surface area contributed by atoms with Crippen molar-refractivity contribution >= 4 is 40.6 Å². The second-order valence-electron chi connectivity index (χ2n) is 8.57. The first-order valence-electron chi connectivity index (χ1n) is 11.6. The molecule has 36 heavy (non-hydrogen) atoms. The van der Waals surface area contributed by atoms with Crippen LogP contribution in [0.1, 0.15) is 0 Å². The van der Waals surface area contributed by atoms with Crippen molar-refractivity contribution in [2.75, 3.05) is 14.2 Å². The highest BCUT2D eigenvalue weighted by atomic mass is 35.7. The summed E-state index contributed by atoms with van der Waals surface area (Å²) in [6.45, 7) is 0. The van der Waals surface area contributed by atoms with Crippen LogP contribution >= 0.6 is 18.8 Å². The summed E-state index contributed by atoms with van der Waals surface area (Å²) in [5.74, 6) is 1.70. The van der Waals surface area contributed by atoms with Gasteiger partial charge >= 0.3 is 0 Å². The molecule has 0 saturated carbocycles. The molecule has 0 unspecified atom stereocenters. The van der Waals surface area contributed by atoms with E-state index in [1.807, 2.05) is 24.3 Å². The van der Waals surface area contributed by atoms with Gasteiger partial charge in [-0.1, -0.05) is 48.5 Å². The molecule has 0 fully saturated rings. The van der Waals surface area contributed by atoms with E-state index in [0.717, 1.165) is 55.6 Å². The third-order valence-corrected chi connectivity index (χ3v) is 8.93. The number of benzene rings is 4. The van der Waals surface area contributed by atoms with Crippen molar-refractivity contribution in [1.82, 2.24) is 8.68 Å². The van der Waals surface area contributed by atoms with E-state index < -0.39 is 7.58 Å². The Morgan fingerprint density at radius 1 is 0.528 bits per heavy atom. The van der Waals surface area contributed by atoms with Gasteiger partial charge in [0.2, 0.25) is 7.58 Å². The summed E-state index contributed by atoms with van der Waals surface area (Å²) < 4.78 is 15.0. The lowest BCUT2D eigenvalue weighted by atomic mass is 10.0. The molecule has 0 saturated heterocycles. The predicted molar refractivity (Wildman–Crippen MR) is 151 cm³/mol. The number of nitrogens with zero attached hydrogens (tertiary/aromatic N) is 2. The lowest BCUT2D eigenvalue weighted by molar-refractivity contribution is 0.415. The average Bonchev–Trinajstić information content (AvgIpc) is 3.56. The smallest absolute Gasteiger partial charge is 0.206 e. The van der Waals surface area contributed by atoms with Gasteiger partial charge in [0.25, 0.3) is 0 Å². The number of hydrogen-bond acceptors (Lipinski definition) is 2. The average molecular weight is 511 g/mol. The molecular weight excluding hydrogens is 487 g/mol. The monoisotopic (exact) mass is 510 g/mol. The van der Waals surface area contributed by atoms with Gasteiger partial charge in [0.05, 0.1) is 25.3 Å². The molecule has 0 spiro atoms. The lowest BCUT2D eigenvalue weighted by Gasteiger charge is -2.16. The minimum Gasteiger partial charge on any atom is -0.497 e. The Kier molecular flexibility index (Phi) is 5.92. The second-order valence-corrected chi connectivity index (χ2v) is 10.8. The molecule has 6 heteroatoms. The zero-order chi connectivity index (χ0) is 24.6. The van der Waals surface area contributed by atoms with Crippen LogP contribution < -0.4 is 9.47 Å². The molecule has 6 aromatic rings. The Morgan fingerprint density at radius 3 is 1.31 bits per heavy atom. The van der Waals surface area contributed by atoms with Gasteiger partial charge in [-0.25, -0.2) is 0 Å². The van der Waals surface area contributed by atoms with E-state index in [9.17, 15) is 0 Å². The molecule has 2 heterocycles. The van der Waals surface area contributed by atoms with Crippen molar-refractivity contribution in [3.8, 4) is 33.8 Å².